The quantitative estimate of drug-likeness (QED) is 0.867. The van der Waals surface area contributed by atoms with Crippen molar-refractivity contribution in [3.8, 4) is 0 Å². The minimum absolute atomic E-state index is 0.442. The van der Waals surface area contributed by atoms with Crippen LogP contribution < -0.4 is 5.73 Å². The van der Waals surface area contributed by atoms with Gasteiger partial charge in [-0.15, -0.1) is 0 Å². The smallest absolute Gasteiger partial charge is 0.0242 e. The lowest BCUT2D eigenvalue weighted by molar-refractivity contribution is 0.119. The van der Waals surface area contributed by atoms with Crippen LogP contribution in [0.1, 0.15) is 42.4 Å². The molecular weight excluding hydrogens is 220 g/mol. The molecule has 98 valence electrons. The number of aryl methyl sites for hydroxylation is 2. The van der Waals surface area contributed by atoms with E-state index < -0.39 is 0 Å². The first-order valence-corrected chi connectivity index (χ1v) is 7.21. The molecule has 0 aromatic heterocycles. The molecule has 0 saturated carbocycles. The summed E-state index contributed by atoms with van der Waals surface area (Å²) in [6, 6.07) is 8.72. The lowest BCUT2D eigenvalue weighted by Crippen LogP contribution is -2.46. The van der Waals surface area contributed by atoms with E-state index in [4.69, 9.17) is 5.73 Å². The average Bonchev–Trinajstić information content (AvgIpc) is 2.57. The Bertz CT molecular complexity index is 427. The normalized spacial score (nSPS) is 31.8. The summed E-state index contributed by atoms with van der Waals surface area (Å²) in [5.74, 6) is 0. The van der Waals surface area contributed by atoms with Crippen molar-refractivity contribution in [3.63, 3.8) is 0 Å². The Kier molecular flexibility index (Phi) is 3.16. The molecule has 2 nitrogen and oxygen atoms in total. The fourth-order valence-corrected chi connectivity index (χ4v) is 3.74. The molecule has 2 N–H and O–H groups in total. The molecule has 0 radical (unpaired) electrons. The zero-order valence-corrected chi connectivity index (χ0v) is 11.5. The number of nitrogens with two attached hydrogens (primary N) is 1. The van der Waals surface area contributed by atoms with Gasteiger partial charge in [0.05, 0.1) is 0 Å². The van der Waals surface area contributed by atoms with Crippen molar-refractivity contribution >= 4 is 0 Å². The van der Waals surface area contributed by atoms with Crippen LogP contribution in [0.4, 0.5) is 0 Å². The Morgan fingerprint density at radius 1 is 1.17 bits per heavy atom. The first kappa shape index (κ1) is 12.2. The molecule has 18 heavy (non-hydrogen) atoms. The Morgan fingerprint density at radius 2 is 1.83 bits per heavy atom. The topological polar surface area (TPSA) is 29.3 Å². The van der Waals surface area contributed by atoms with Crippen LogP contribution in [0.25, 0.3) is 0 Å². The van der Waals surface area contributed by atoms with Crippen LogP contribution in [0, 0.1) is 13.8 Å². The van der Waals surface area contributed by atoms with Gasteiger partial charge in [-0.2, -0.15) is 0 Å². The number of rotatable bonds is 2. The van der Waals surface area contributed by atoms with Gasteiger partial charge in [0.15, 0.2) is 0 Å². The molecule has 0 aliphatic carbocycles. The number of benzene rings is 1. The van der Waals surface area contributed by atoms with E-state index in [2.05, 4.69) is 36.9 Å². The summed E-state index contributed by atoms with van der Waals surface area (Å²) in [5, 5.41) is 0. The molecule has 2 aliphatic rings. The summed E-state index contributed by atoms with van der Waals surface area (Å²) in [6.45, 7) is 5.53. The second-order valence-corrected chi connectivity index (χ2v) is 6.22. The van der Waals surface area contributed by atoms with Gasteiger partial charge in [0, 0.05) is 24.7 Å². The fraction of sp³-hybridized carbons (Fsp3) is 0.625. The summed E-state index contributed by atoms with van der Waals surface area (Å²) < 4.78 is 0. The minimum Gasteiger partial charge on any atom is -0.328 e. The number of hydrogen-bond acceptors (Lipinski definition) is 2. The Balaban J connectivity index is 1.79. The van der Waals surface area contributed by atoms with Crippen molar-refractivity contribution in [1.82, 2.24) is 4.90 Å². The fourth-order valence-electron chi connectivity index (χ4n) is 3.74. The van der Waals surface area contributed by atoms with Crippen LogP contribution in [0.2, 0.25) is 0 Å². The van der Waals surface area contributed by atoms with Crippen molar-refractivity contribution in [3.05, 3.63) is 34.9 Å². The zero-order chi connectivity index (χ0) is 12.7. The van der Waals surface area contributed by atoms with Crippen LogP contribution in [0.15, 0.2) is 18.2 Å². The zero-order valence-electron chi connectivity index (χ0n) is 11.5. The summed E-state index contributed by atoms with van der Waals surface area (Å²) in [7, 11) is 0. The van der Waals surface area contributed by atoms with Crippen molar-refractivity contribution < 1.29 is 0 Å². The number of hydrogen-bond donors (Lipinski definition) is 1. The lowest BCUT2D eigenvalue weighted by atomic mass is 9.96. The highest BCUT2D eigenvalue weighted by Gasteiger charge is 2.39. The van der Waals surface area contributed by atoms with Crippen molar-refractivity contribution in [2.45, 2.75) is 64.2 Å². The molecule has 2 aliphatic heterocycles. The number of nitrogens with zero attached hydrogens (tertiary/aromatic N) is 1. The largest absolute Gasteiger partial charge is 0.328 e. The van der Waals surface area contributed by atoms with E-state index in [0.717, 1.165) is 18.6 Å². The van der Waals surface area contributed by atoms with Gasteiger partial charge in [0.1, 0.15) is 0 Å². The summed E-state index contributed by atoms with van der Waals surface area (Å²) in [6.07, 6.45) is 5.09. The van der Waals surface area contributed by atoms with Gasteiger partial charge in [-0.3, -0.25) is 4.90 Å². The molecule has 2 heteroatoms. The van der Waals surface area contributed by atoms with Gasteiger partial charge in [-0.1, -0.05) is 23.8 Å². The second-order valence-electron chi connectivity index (χ2n) is 6.22. The van der Waals surface area contributed by atoms with E-state index in [9.17, 15) is 0 Å². The van der Waals surface area contributed by atoms with Crippen molar-refractivity contribution in [2.24, 2.45) is 5.73 Å². The molecule has 2 bridgehead atoms. The van der Waals surface area contributed by atoms with E-state index in [1.807, 2.05) is 0 Å². The van der Waals surface area contributed by atoms with Crippen LogP contribution in [0.3, 0.4) is 0 Å². The molecular formula is C16H24N2. The predicted octanol–water partition coefficient (Wildman–Crippen LogP) is 2.76. The van der Waals surface area contributed by atoms with Crippen molar-refractivity contribution in [2.75, 3.05) is 0 Å². The van der Waals surface area contributed by atoms with Gasteiger partial charge in [0.25, 0.3) is 0 Å². The van der Waals surface area contributed by atoms with Gasteiger partial charge in [0.2, 0.25) is 0 Å². The first-order valence-electron chi connectivity index (χ1n) is 7.21. The molecule has 2 fully saturated rings. The average molecular weight is 244 g/mol. The molecule has 2 unspecified atom stereocenters. The molecule has 1 aromatic rings. The third kappa shape index (κ3) is 2.19. The first-order chi connectivity index (χ1) is 8.63. The van der Waals surface area contributed by atoms with Crippen LogP contribution in [0.5, 0.6) is 0 Å². The summed E-state index contributed by atoms with van der Waals surface area (Å²) >= 11 is 0. The monoisotopic (exact) mass is 244 g/mol. The molecule has 0 amide bonds. The molecule has 3 rings (SSSR count). The van der Waals surface area contributed by atoms with Crippen molar-refractivity contribution in [1.29, 1.82) is 0 Å². The number of fused-ring (bicyclic) bond motifs is 2. The number of piperidine rings is 1. The maximum atomic E-state index is 6.14. The lowest BCUT2D eigenvalue weighted by Gasteiger charge is -2.38. The maximum Gasteiger partial charge on any atom is 0.0242 e. The molecule has 2 atom stereocenters. The second kappa shape index (κ2) is 4.67. The SMILES string of the molecule is Cc1ccc(C)c(CN2C3CCC2CC(N)C3)c1. The van der Waals surface area contributed by atoms with E-state index in [1.54, 1.807) is 0 Å². The summed E-state index contributed by atoms with van der Waals surface area (Å²) in [5.41, 5.74) is 10.4. The molecule has 2 saturated heterocycles. The van der Waals surface area contributed by atoms with Gasteiger partial charge in [-0.25, -0.2) is 0 Å². The highest BCUT2D eigenvalue weighted by Crippen LogP contribution is 2.36. The van der Waals surface area contributed by atoms with E-state index in [1.165, 1.54) is 42.4 Å². The molecule has 0 spiro atoms. The minimum atomic E-state index is 0.442. The van der Waals surface area contributed by atoms with E-state index in [0.29, 0.717) is 6.04 Å². The van der Waals surface area contributed by atoms with Gasteiger partial charge in [-0.05, 0) is 50.7 Å². The van der Waals surface area contributed by atoms with Crippen LogP contribution in [-0.2, 0) is 6.54 Å². The van der Waals surface area contributed by atoms with Gasteiger partial charge < -0.3 is 5.73 Å². The maximum absolute atomic E-state index is 6.14. The highest BCUT2D eigenvalue weighted by atomic mass is 15.2. The molecule has 2 heterocycles. The van der Waals surface area contributed by atoms with Crippen LogP contribution >= 0.6 is 0 Å². The van der Waals surface area contributed by atoms with Gasteiger partial charge >= 0.3 is 0 Å². The Hall–Kier alpha value is -0.860. The molecule has 1 aromatic carbocycles. The summed E-state index contributed by atoms with van der Waals surface area (Å²) in [4.78, 5) is 2.71. The third-order valence-corrected chi connectivity index (χ3v) is 4.78. The van der Waals surface area contributed by atoms with E-state index in [-0.39, 0.29) is 0 Å². The third-order valence-electron chi connectivity index (χ3n) is 4.78. The van der Waals surface area contributed by atoms with Crippen LogP contribution in [-0.4, -0.2) is 23.0 Å². The Morgan fingerprint density at radius 3 is 2.50 bits per heavy atom. The van der Waals surface area contributed by atoms with E-state index >= 15 is 0 Å². The standard InChI is InChI=1S/C16H24N2/c1-11-3-4-12(2)13(7-11)10-18-15-5-6-16(18)9-14(17)8-15/h3-4,7,14-16H,5-6,8-10,17H2,1-2H3. The Labute approximate surface area is 110 Å². The highest BCUT2D eigenvalue weighted by molar-refractivity contribution is 5.30. The predicted molar refractivity (Wildman–Crippen MR) is 75.5 cm³/mol.